The van der Waals surface area contributed by atoms with Gasteiger partial charge in [0.1, 0.15) is 0 Å². The number of aryl methyl sites for hydroxylation is 2. The van der Waals surface area contributed by atoms with Crippen molar-refractivity contribution in [3.05, 3.63) is 29.3 Å². The molecule has 1 aromatic rings. The van der Waals surface area contributed by atoms with E-state index in [0.717, 1.165) is 69.9 Å². The Morgan fingerprint density at radius 1 is 1.07 bits per heavy atom. The maximum absolute atomic E-state index is 13.0. The molecule has 2 heterocycles. The first kappa shape index (κ1) is 19.7. The van der Waals surface area contributed by atoms with Crippen LogP contribution in [0.5, 0.6) is 0 Å². The Hall–Kier alpha value is -0.600. The van der Waals surface area contributed by atoms with Gasteiger partial charge < -0.3 is 4.74 Å². The summed E-state index contributed by atoms with van der Waals surface area (Å²) in [6.07, 6.45) is 6.49. The lowest BCUT2D eigenvalue weighted by Crippen LogP contribution is -2.60. The number of rotatable bonds is 5. The third-order valence-corrected chi connectivity index (χ3v) is 8.71. The highest BCUT2D eigenvalue weighted by atomic mass is 32.2. The molecule has 1 N–H and O–H groups in total. The van der Waals surface area contributed by atoms with E-state index >= 15 is 0 Å². The summed E-state index contributed by atoms with van der Waals surface area (Å²) in [5.41, 5.74) is 2.45. The predicted octanol–water partition coefficient (Wildman–Crippen LogP) is 2.44. The van der Waals surface area contributed by atoms with E-state index in [-0.39, 0.29) is 5.54 Å². The summed E-state index contributed by atoms with van der Waals surface area (Å²) in [4.78, 5) is 2.89. The van der Waals surface area contributed by atoms with Crippen LogP contribution in [-0.4, -0.2) is 63.2 Å². The number of nitrogens with zero attached hydrogens (tertiary/aromatic N) is 1. The van der Waals surface area contributed by atoms with Crippen LogP contribution in [0.15, 0.2) is 23.1 Å². The van der Waals surface area contributed by atoms with Crippen molar-refractivity contribution in [2.45, 2.75) is 49.0 Å². The average Bonchev–Trinajstić information content (AvgIpc) is 2.73. The molecular formula is C20H30N2O3S2. The normalized spacial score (nSPS) is 23.7. The largest absolute Gasteiger partial charge is 0.379 e. The van der Waals surface area contributed by atoms with E-state index in [2.05, 4.69) is 9.62 Å². The predicted molar refractivity (Wildman–Crippen MR) is 110 cm³/mol. The molecule has 2 saturated heterocycles. The first-order valence-corrected chi connectivity index (χ1v) is 12.7. The second-order valence-corrected chi connectivity index (χ2v) is 10.9. The molecule has 0 spiro atoms. The summed E-state index contributed by atoms with van der Waals surface area (Å²) in [5.74, 6) is 2.19. The van der Waals surface area contributed by atoms with E-state index in [1.165, 1.54) is 17.5 Å². The molecule has 7 heteroatoms. The van der Waals surface area contributed by atoms with Gasteiger partial charge in [-0.3, -0.25) is 4.90 Å². The molecule has 0 radical (unpaired) electrons. The zero-order valence-electron chi connectivity index (χ0n) is 15.9. The Balaban J connectivity index is 1.51. The van der Waals surface area contributed by atoms with Crippen molar-refractivity contribution in [1.82, 2.24) is 9.62 Å². The number of hydrogen-bond donors (Lipinski definition) is 1. The second-order valence-electron chi connectivity index (χ2n) is 7.90. The van der Waals surface area contributed by atoms with Crippen molar-refractivity contribution in [2.75, 3.05) is 44.4 Å². The van der Waals surface area contributed by atoms with Gasteiger partial charge >= 0.3 is 0 Å². The first-order chi connectivity index (χ1) is 13.1. The number of sulfonamides is 1. The molecule has 0 unspecified atom stereocenters. The van der Waals surface area contributed by atoms with E-state index in [0.29, 0.717) is 11.4 Å². The molecule has 1 aromatic carbocycles. The third-order valence-electron chi connectivity index (χ3n) is 6.33. The molecule has 0 bridgehead atoms. The SMILES string of the molecule is O=S(=O)(NCC1(N2CCOCC2)CCSCC1)c1ccc2c(c1)CCCC2. The number of benzene rings is 1. The van der Waals surface area contributed by atoms with Crippen molar-refractivity contribution in [2.24, 2.45) is 0 Å². The Labute approximate surface area is 167 Å². The van der Waals surface area contributed by atoms with Gasteiger partial charge in [0.25, 0.3) is 0 Å². The van der Waals surface area contributed by atoms with Gasteiger partial charge in [-0.1, -0.05) is 6.07 Å². The van der Waals surface area contributed by atoms with Crippen molar-refractivity contribution < 1.29 is 13.2 Å². The fourth-order valence-electron chi connectivity index (χ4n) is 4.58. The molecule has 2 aliphatic heterocycles. The molecular weight excluding hydrogens is 380 g/mol. The maximum atomic E-state index is 13.0. The van der Waals surface area contributed by atoms with Crippen molar-refractivity contribution in [1.29, 1.82) is 0 Å². The van der Waals surface area contributed by atoms with Crippen LogP contribution in [0.2, 0.25) is 0 Å². The van der Waals surface area contributed by atoms with Crippen molar-refractivity contribution in [3.8, 4) is 0 Å². The molecule has 27 heavy (non-hydrogen) atoms. The Morgan fingerprint density at radius 3 is 2.52 bits per heavy atom. The van der Waals surface area contributed by atoms with Gasteiger partial charge in [-0.15, -0.1) is 0 Å². The Bertz CT molecular complexity index is 754. The summed E-state index contributed by atoms with van der Waals surface area (Å²) in [6.45, 7) is 3.77. The van der Waals surface area contributed by atoms with Gasteiger partial charge in [0.05, 0.1) is 18.1 Å². The van der Waals surface area contributed by atoms with Gasteiger partial charge in [0, 0.05) is 25.2 Å². The minimum absolute atomic E-state index is 0.0731. The van der Waals surface area contributed by atoms with Crippen LogP contribution in [0.25, 0.3) is 0 Å². The van der Waals surface area contributed by atoms with Crippen LogP contribution < -0.4 is 4.72 Å². The number of ether oxygens (including phenoxy) is 1. The molecule has 0 aromatic heterocycles. The van der Waals surface area contributed by atoms with Crippen LogP contribution in [0.3, 0.4) is 0 Å². The monoisotopic (exact) mass is 410 g/mol. The molecule has 0 saturated carbocycles. The Kier molecular flexibility index (Phi) is 6.14. The van der Waals surface area contributed by atoms with Crippen LogP contribution >= 0.6 is 11.8 Å². The van der Waals surface area contributed by atoms with E-state index in [9.17, 15) is 8.42 Å². The quantitative estimate of drug-likeness (QED) is 0.808. The second kappa shape index (κ2) is 8.41. The lowest BCUT2D eigenvalue weighted by atomic mass is 9.89. The third kappa shape index (κ3) is 4.37. The summed E-state index contributed by atoms with van der Waals surface area (Å²) in [7, 11) is -3.48. The standard InChI is InChI=1S/C20H30N2O3S2/c23-27(24,19-6-5-17-3-1-2-4-18(17)15-19)21-16-20(7-13-26-14-8-20)22-9-11-25-12-10-22/h5-6,15,21H,1-4,7-14,16H2. The molecule has 150 valence electrons. The summed E-state index contributed by atoms with van der Waals surface area (Å²) in [5, 5.41) is 0. The molecule has 5 nitrogen and oxygen atoms in total. The minimum Gasteiger partial charge on any atom is -0.379 e. The number of morpholine rings is 1. The molecule has 0 atom stereocenters. The Morgan fingerprint density at radius 2 is 1.78 bits per heavy atom. The topological polar surface area (TPSA) is 58.6 Å². The van der Waals surface area contributed by atoms with Gasteiger partial charge in [-0.25, -0.2) is 13.1 Å². The maximum Gasteiger partial charge on any atom is 0.240 e. The fourth-order valence-corrected chi connectivity index (χ4v) is 7.01. The highest BCUT2D eigenvalue weighted by molar-refractivity contribution is 7.99. The summed E-state index contributed by atoms with van der Waals surface area (Å²) < 4.78 is 34.5. The van der Waals surface area contributed by atoms with Gasteiger partial charge in [0.15, 0.2) is 0 Å². The van der Waals surface area contributed by atoms with Gasteiger partial charge in [0.2, 0.25) is 10.0 Å². The van der Waals surface area contributed by atoms with E-state index in [1.807, 2.05) is 23.9 Å². The smallest absolute Gasteiger partial charge is 0.240 e. The zero-order chi connectivity index (χ0) is 18.7. The zero-order valence-corrected chi connectivity index (χ0v) is 17.5. The van der Waals surface area contributed by atoms with Crippen molar-refractivity contribution in [3.63, 3.8) is 0 Å². The van der Waals surface area contributed by atoms with E-state index < -0.39 is 10.0 Å². The summed E-state index contributed by atoms with van der Waals surface area (Å²) >= 11 is 1.97. The van der Waals surface area contributed by atoms with Gasteiger partial charge in [-0.2, -0.15) is 11.8 Å². The molecule has 3 aliphatic rings. The number of fused-ring (bicyclic) bond motifs is 1. The van der Waals surface area contributed by atoms with Crippen LogP contribution in [0, 0.1) is 0 Å². The summed E-state index contributed by atoms with van der Waals surface area (Å²) in [6, 6.07) is 5.69. The lowest BCUT2D eigenvalue weighted by Gasteiger charge is -2.48. The van der Waals surface area contributed by atoms with E-state index in [1.54, 1.807) is 6.07 Å². The lowest BCUT2D eigenvalue weighted by molar-refractivity contribution is -0.0242. The molecule has 4 rings (SSSR count). The number of hydrogen-bond acceptors (Lipinski definition) is 5. The van der Waals surface area contributed by atoms with Crippen molar-refractivity contribution >= 4 is 21.8 Å². The minimum atomic E-state index is -3.48. The van der Waals surface area contributed by atoms with Crippen LogP contribution in [0.1, 0.15) is 36.8 Å². The molecule has 0 amide bonds. The highest BCUT2D eigenvalue weighted by Crippen LogP contribution is 2.33. The fraction of sp³-hybridized carbons (Fsp3) is 0.700. The average molecular weight is 411 g/mol. The number of thioether (sulfide) groups is 1. The molecule has 2 fully saturated rings. The van der Waals surface area contributed by atoms with Gasteiger partial charge in [-0.05, 0) is 73.3 Å². The first-order valence-electron chi connectivity index (χ1n) is 10.1. The van der Waals surface area contributed by atoms with Crippen LogP contribution in [0.4, 0.5) is 0 Å². The van der Waals surface area contributed by atoms with Crippen LogP contribution in [-0.2, 0) is 27.6 Å². The highest BCUT2D eigenvalue weighted by Gasteiger charge is 2.39. The van der Waals surface area contributed by atoms with E-state index in [4.69, 9.17) is 4.74 Å². The number of nitrogens with one attached hydrogen (secondary N) is 1. The molecule has 1 aliphatic carbocycles.